The number of hydrogen-bond acceptors (Lipinski definition) is 3. The van der Waals surface area contributed by atoms with E-state index in [-0.39, 0.29) is 5.17 Å². The smallest absolute Gasteiger partial charge is 0.263 e. The highest BCUT2D eigenvalue weighted by molar-refractivity contribution is 7.80. The van der Waals surface area contributed by atoms with Crippen LogP contribution < -0.4 is 10.1 Å². The number of alkyl halides is 1. The van der Waals surface area contributed by atoms with E-state index in [1.165, 1.54) is 5.56 Å². The van der Waals surface area contributed by atoms with Crippen LogP contribution in [0.15, 0.2) is 36.4 Å². The molecule has 0 amide bonds. The van der Waals surface area contributed by atoms with Crippen LogP contribution in [0, 0.1) is 6.92 Å². The molecule has 25 heavy (non-hydrogen) atoms. The van der Waals surface area contributed by atoms with Gasteiger partial charge in [0.15, 0.2) is 0 Å². The lowest BCUT2D eigenvalue weighted by Gasteiger charge is -2.17. The van der Waals surface area contributed by atoms with Gasteiger partial charge in [-0.15, -0.1) is 0 Å². The van der Waals surface area contributed by atoms with Gasteiger partial charge in [-0.25, -0.2) is 4.39 Å². The highest BCUT2D eigenvalue weighted by Gasteiger charge is 2.11. The third-order valence-electron chi connectivity index (χ3n) is 4.10. The molecule has 0 atom stereocenters. The maximum Gasteiger partial charge on any atom is 0.263 e. The number of benzene rings is 2. The first-order valence-electron chi connectivity index (χ1n) is 8.41. The topological polar surface area (TPSA) is 30.5 Å². The van der Waals surface area contributed by atoms with Crippen molar-refractivity contribution in [3.63, 3.8) is 0 Å². The van der Waals surface area contributed by atoms with E-state index in [4.69, 9.17) is 21.7 Å². The maximum absolute atomic E-state index is 12.3. The van der Waals surface area contributed by atoms with Crippen LogP contribution >= 0.6 is 12.2 Å². The number of nitrogens with one attached hydrogen (secondary N) is 1. The lowest BCUT2D eigenvalue weighted by Crippen LogP contribution is -2.15. The van der Waals surface area contributed by atoms with Crippen LogP contribution in [-0.4, -0.2) is 12.0 Å². The monoisotopic (exact) mass is 361 g/mol. The predicted octanol–water partition coefficient (Wildman–Crippen LogP) is 5.34. The second kappa shape index (κ2) is 9.37. The summed E-state index contributed by atoms with van der Waals surface area (Å²) < 4.78 is 23.0. The van der Waals surface area contributed by atoms with Gasteiger partial charge in [-0.05, 0) is 60.8 Å². The molecule has 0 spiro atoms. The Morgan fingerprint density at radius 3 is 2.60 bits per heavy atom. The van der Waals surface area contributed by atoms with Crippen molar-refractivity contribution in [3.05, 3.63) is 58.7 Å². The Kier molecular flexibility index (Phi) is 7.19. The second-order valence-electron chi connectivity index (χ2n) is 5.70. The van der Waals surface area contributed by atoms with Crippen LogP contribution in [0.2, 0.25) is 0 Å². The lowest BCUT2D eigenvalue weighted by molar-refractivity contribution is 0.184. The van der Waals surface area contributed by atoms with E-state index in [9.17, 15) is 4.39 Å². The number of thiocarbonyl (C=S) groups is 1. The molecule has 0 bridgehead atoms. The Labute approximate surface area is 154 Å². The Balaban J connectivity index is 2.21. The van der Waals surface area contributed by atoms with Crippen molar-refractivity contribution >= 4 is 23.1 Å². The van der Waals surface area contributed by atoms with Crippen LogP contribution in [-0.2, 0) is 24.2 Å². The van der Waals surface area contributed by atoms with Crippen LogP contribution in [0.5, 0.6) is 5.75 Å². The second-order valence-corrected chi connectivity index (χ2v) is 6.08. The SMILES string of the molecule is CCc1ccc(OCc2c(CC)cccc2NC(=S)OCF)c(C)c1. The number of ether oxygens (including phenoxy) is 2. The molecule has 0 aromatic heterocycles. The van der Waals surface area contributed by atoms with Gasteiger partial charge in [0.2, 0.25) is 6.86 Å². The van der Waals surface area contributed by atoms with Crippen molar-refractivity contribution in [1.82, 2.24) is 0 Å². The summed E-state index contributed by atoms with van der Waals surface area (Å²) in [6.45, 7) is 5.71. The molecule has 0 heterocycles. The van der Waals surface area contributed by atoms with Gasteiger partial charge in [0, 0.05) is 11.3 Å². The summed E-state index contributed by atoms with van der Waals surface area (Å²) in [5.41, 5.74) is 5.32. The molecule has 0 unspecified atom stereocenters. The molecule has 2 aromatic carbocycles. The zero-order valence-corrected chi connectivity index (χ0v) is 15.7. The van der Waals surface area contributed by atoms with Gasteiger partial charge < -0.3 is 14.8 Å². The number of anilines is 1. The lowest BCUT2D eigenvalue weighted by atomic mass is 10.0. The molecule has 2 rings (SSSR count). The Morgan fingerprint density at radius 2 is 1.96 bits per heavy atom. The van der Waals surface area contributed by atoms with Crippen LogP contribution in [0.1, 0.15) is 36.1 Å². The summed E-state index contributed by atoms with van der Waals surface area (Å²) in [5.74, 6) is 0.858. The molecule has 0 aliphatic rings. The highest BCUT2D eigenvalue weighted by atomic mass is 32.1. The van der Waals surface area contributed by atoms with Gasteiger partial charge in [0.1, 0.15) is 12.4 Å². The molecule has 0 fully saturated rings. The average Bonchev–Trinajstić information content (AvgIpc) is 2.61. The maximum atomic E-state index is 12.3. The van der Waals surface area contributed by atoms with E-state index in [2.05, 4.69) is 37.4 Å². The van der Waals surface area contributed by atoms with E-state index in [0.29, 0.717) is 6.61 Å². The predicted molar refractivity (Wildman–Crippen MR) is 104 cm³/mol. The first-order chi connectivity index (χ1) is 12.1. The molecule has 0 saturated heterocycles. The molecule has 134 valence electrons. The van der Waals surface area contributed by atoms with Gasteiger partial charge >= 0.3 is 0 Å². The number of hydrogen-bond donors (Lipinski definition) is 1. The van der Waals surface area contributed by atoms with Crippen molar-refractivity contribution < 1.29 is 13.9 Å². The first-order valence-corrected chi connectivity index (χ1v) is 8.82. The zero-order valence-electron chi connectivity index (χ0n) is 14.9. The Morgan fingerprint density at radius 1 is 1.16 bits per heavy atom. The summed E-state index contributed by atoms with van der Waals surface area (Å²) >= 11 is 4.99. The van der Waals surface area contributed by atoms with Crippen molar-refractivity contribution in [2.75, 3.05) is 12.2 Å². The minimum atomic E-state index is -0.950. The van der Waals surface area contributed by atoms with Gasteiger partial charge in [-0.2, -0.15) is 0 Å². The fourth-order valence-corrected chi connectivity index (χ4v) is 2.85. The third-order valence-corrected chi connectivity index (χ3v) is 4.32. The molecule has 1 N–H and O–H groups in total. The molecule has 0 aliphatic carbocycles. The molecular weight excluding hydrogens is 337 g/mol. The van der Waals surface area contributed by atoms with Gasteiger partial charge in [0.25, 0.3) is 5.17 Å². The minimum absolute atomic E-state index is 0.0143. The largest absolute Gasteiger partial charge is 0.489 e. The Bertz CT molecular complexity index is 734. The summed E-state index contributed by atoms with van der Waals surface area (Å²) in [6, 6.07) is 12.1. The standard InChI is InChI=1S/C20H24FNO2S/c1-4-15-9-10-19(14(3)11-15)23-12-17-16(5-2)7-6-8-18(17)22-20(25)24-13-21/h6-11H,4-5,12-13H2,1-3H3,(H,22,25). The van der Waals surface area contributed by atoms with Crippen LogP contribution in [0.4, 0.5) is 10.1 Å². The molecule has 0 aliphatic heterocycles. The molecule has 0 saturated carbocycles. The molecule has 5 heteroatoms. The minimum Gasteiger partial charge on any atom is -0.489 e. The number of halogens is 1. The van der Waals surface area contributed by atoms with Gasteiger partial charge in [-0.3, -0.25) is 0 Å². The zero-order chi connectivity index (χ0) is 18.2. The van der Waals surface area contributed by atoms with E-state index < -0.39 is 6.86 Å². The van der Waals surface area contributed by atoms with E-state index in [1.54, 1.807) is 0 Å². The Hall–Kier alpha value is -2.14. The average molecular weight is 361 g/mol. The number of rotatable bonds is 7. The summed E-state index contributed by atoms with van der Waals surface area (Å²) in [7, 11) is 0. The summed E-state index contributed by atoms with van der Waals surface area (Å²) in [6.07, 6.45) is 1.86. The highest BCUT2D eigenvalue weighted by Crippen LogP contribution is 2.25. The summed E-state index contributed by atoms with van der Waals surface area (Å²) in [4.78, 5) is 0. The van der Waals surface area contributed by atoms with Gasteiger partial charge in [-0.1, -0.05) is 38.1 Å². The quantitative estimate of drug-likeness (QED) is 0.675. The van der Waals surface area contributed by atoms with Crippen LogP contribution in [0.3, 0.4) is 0 Å². The van der Waals surface area contributed by atoms with Crippen molar-refractivity contribution in [3.8, 4) is 5.75 Å². The third kappa shape index (κ3) is 5.16. The van der Waals surface area contributed by atoms with E-state index >= 15 is 0 Å². The molecule has 2 aromatic rings. The fraction of sp³-hybridized carbons (Fsp3) is 0.350. The van der Waals surface area contributed by atoms with Crippen molar-refractivity contribution in [1.29, 1.82) is 0 Å². The first kappa shape index (κ1) is 19.2. The van der Waals surface area contributed by atoms with Crippen molar-refractivity contribution in [2.45, 2.75) is 40.2 Å². The summed E-state index contributed by atoms with van der Waals surface area (Å²) in [5, 5.41) is 2.96. The van der Waals surface area contributed by atoms with Gasteiger partial charge in [0.05, 0.1) is 0 Å². The number of aryl methyl sites for hydroxylation is 3. The van der Waals surface area contributed by atoms with E-state index in [1.807, 2.05) is 25.1 Å². The molecule has 3 nitrogen and oxygen atoms in total. The molecule has 0 radical (unpaired) electrons. The van der Waals surface area contributed by atoms with Crippen molar-refractivity contribution in [2.24, 2.45) is 0 Å². The normalized spacial score (nSPS) is 10.4. The molecular formula is C20H24FNO2S. The van der Waals surface area contributed by atoms with E-state index in [0.717, 1.165) is 41.0 Å². The van der Waals surface area contributed by atoms with Crippen LogP contribution in [0.25, 0.3) is 0 Å². The fourth-order valence-electron chi connectivity index (χ4n) is 2.69.